The highest BCUT2D eigenvalue weighted by molar-refractivity contribution is 5.85. The molecule has 4 aromatic rings. The molecule has 0 aliphatic heterocycles. The van der Waals surface area contributed by atoms with Crippen LogP contribution in [-0.4, -0.2) is 17.5 Å². The first-order chi connectivity index (χ1) is 14.2. The van der Waals surface area contributed by atoms with Gasteiger partial charge in [0.15, 0.2) is 6.61 Å². The third-order valence-corrected chi connectivity index (χ3v) is 4.75. The van der Waals surface area contributed by atoms with E-state index in [0.29, 0.717) is 5.75 Å². The fourth-order valence-electron chi connectivity index (χ4n) is 3.33. The number of aryl methyl sites for hydroxylation is 1. The maximum Gasteiger partial charge on any atom is 0.258 e. The molecule has 0 saturated carbocycles. The van der Waals surface area contributed by atoms with Gasteiger partial charge in [-0.05, 0) is 30.2 Å². The van der Waals surface area contributed by atoms with Crippen LogP contribution in [0.5, 0.6) is 5.75 Å². The Bertz CT molecular complexity index is 1070. The van der Waals surface area contributed by atoms with Crippen LogP contribution >= 0.6 is 0 Å². The monoisotopic (exact) mass is 382 g/mol. The minimum Gasteiger partial charge on any atom is -0.481 e. The summed E-state index contributed by atoms with van der Waals surface area (Å²) >= 11 is 0. The van der Waals surface area contributed by atoms with Crippen LogP contribution in [0.4, 0.5) is 0 Å². The van der Waals surface area contributed by atoms with E-state index >= 15 is 0 Å². The van der Waals surface area contributed by atoms with E-state index in [9.17, 15) is 4.79 Å². The summed E-state index contributed by atoms with van der Waals surface area (Å²) in [5.74, 6) is 0.421. The molecule has 0 saturated heterocycles. The van der Waals surface area contributed by atoms with Gasteiger partial charge in [-0.25, -0.2) is 4.98 Å². The van der Waals surface area contributed by atoms with Crippen molar-refractivity contribution in [3.8, 4) is 5.75 Å². The van der Waals surface area contributed by atoms with Gasteiger partial charge in [0.25, 0.3) is 5.91 Å². The lowest BCUT2D eigenvalue weighted by atomic mass is 9.99. The second kappa shape index (κ2) is 8.57. The van der Waals surface area contributed by atoms with Gasteiger partial charge in [-0.2, -0.15) is 0 Å². The standard InChI is InChI=1S/C25H22N2O2/c1-18-15-16-21-13-8-14-22(25(21)26-18)29-17-23(28)27-24(19-9-4-2-5-10-19)20-11-6-3-7-12-20/h2-16,24H,17H2,1H3,(H,27,28). The molecular weight excluding hydrogens is 360 g/mol. The van der Waals surface area contributed by atoms with E-state index in [1.807, 2.05) is 97.9 Å². The number of benzene rings is 3. The summed E-state index contributed by atoms with van der Waals surface area (Å²) in [6.07, 6.45) is 0. The molecule has 1 N–H and O–H groups in total. The molecule has 0 unspecified atom stereocenters. The molecule has 1 heterocycles. The number of hydrogen-bond donors (Lipinski definition) is 1. The van der Waals surface area contributed by atoms with Gasteiger partial charge >= 0.3 is 0 Å². The van der Waals surface area contributed by atoms with Crippen molar-refractivity contribution < 1.29 is 9.53 Å². The van der Waals surface area contributed by atoms with Crippen LogP contribution in [-0.2, 0) is 4.79 Å². The zero-order chi connectivity index (χ0) is 20.1. The van der Waals surface area contributed by atoms with Gasteiger partial charge < -0.3 is 10.1 Å². The molecule has 3 aromatic carbocycles. The number of ether oxygens (including phenoxy) is 1. The number of carbonyl (C=O) groups is 1. The van der Waals surface area contributed by atoms with Gasteiger partial charge in [0, 0.05) is 11.1 Å². The van der Waals surface area contributed by atoms with E-state index < -0.39 is 0 Å². The summed E-state index contributed by atoms with van der Waals surface area (Å²) in [7, 11) is 0. The Hall–Kier alpha value is -3.66. The Kier molecular flexibility index (Phi) is 5.52. The number of amides is 1. The summed E-state index contributed by atoms with van der Waals surface area (Å²) in [6.45, 7) is 1.86. The Morgan fingerprint density at radius 2 is 1.52 bits per heavy atom. The largest absolute Gasteiger partial charge is 0.481 e. The Morgan fingerprint density at radius 3 is 2.17 bits per heavy atom. The van der Waals surface area contributed by atoms with Gasteiger partial charge in [0.1, 0.15) is 11.3 Å². The predicted octanol–water partition coefficient (Wildman–Crippen LogP) is 4.83. The lowest BCUT2D eigenvalue weighted by Gasteiger charge is -2.20. The molecule has 0 spiro atoms. The number of hydrogen-bond acceptors (Lipinski definition) is 3. The number of pyridine rings is 1. The van der Waals surface area contributed by atoms with Gasteiger partial charge in [0.05, 0.1) is 6.04 Å². The fraction of sp³-hybridized carbons (Fsp3) is 0.120. The molecule has 144 valence electrons. The molecule has 0 radical (unpaired) electrons. The lowest BCUT2D eigenvalue weighted by Crippen LogP contribution is -2.33. The number of aromatic nitrogens is 1. The Labute approximate surface area is 170 Å². The number of carbonyl (C=O) groups excluding carboxylic acids is 1. The fourth-order valence-corrected chi connectivity index (χ4v) is 3.33. The van der Waals surface area contributed by atoms with E-state index in [1.54, 1.807) is 0 Å². The first kappa shape index (κ1) is 18.7. The summed E-state index contributed by atoms with van der Waals surface area (Å²) < 4.78 is 5.83. The molecule has 4 nitrogen and oxygen atoms in total. The maximum atomic E-state index is 12.7. The number of para-hydroxylation sites is 1. The van der Waals surface area contributed by atoms with Gasteiger partial charge in [-0.15, -0.1) is 0 Å². The number of nitrogens with zero attached hydrogens (tertiary/aromatic N) is 1. The van der Waals surface area contributed by atoms with Crippen LogP contribution in [0.15, 0.2) is 91.0 Å². The topological polar surface area (TPSA) is 51.2 Å². The molecule has 0 atom stereocenters. The maximum absolute atomic E-state index is 12.7. The van der Waals surface area contributed by atoms with Crippen molar-refractivity contribution in [1.29, 1.82) is 0 Å². The molecule has 1 aromatic heterocycles. The average Bonchev–Trinajstić information content (AvgIpc) is 2.77. The molecule has 4 rings (SSSR count). The van der Waals surface area contributed by atoms with E-state index in [4.69, 9.17) is 4.74 Å². The minimum atomic E-state index is -0.235. The first-order valence-electron chi connectivity index (χ1n) is 9.59. The molecule has 0 aliphatic carbocycles. The highest BCUT2D eigenvalue weighted by atomic mass is 16.5. The molecule has 0 bridgehead atoms. The SMILES string of the molecule is Cc1ccc2cccc(OCC(=O)NC(c3ccccc3)c3ccccc3)c2n1. The third-order valence-electron chi connectivity index (χ3n) is 4.75. The van der Waals surface area contributed by atoms with Crippen molar-refractivity contribution in [2.24, 2.45) is 0 Å². The van der Waals surface area contributed by atoms with Crippen molar-refractivity contribution in [2.75, 3.05) is 6.61 Å². The van der Waals surface area contributed by atoms with Crippen LogP contribution in [0.2, 0.25) is 0 Å². The van der Waals surface area contributed by atoms with Gasteiger partial charge in [-0.3, -0.25) is 4.79 Å². The quantitative estimate of drug-likeness (QED) is 0.520. The van der Waals surface area contributed by atoms with Crippen LogP contribution in [0.3, 0.4) is 0 Å². The highest BCUT2D eigenvalue weighted by Gasteiger charge is 2.17. The Morgan fingerprint density at radius 1 is 0.862 bits per heavy atom. The molecule has 0 fully saturated rings. The number of rotatable bonds is 6. The van der Waals surface area contributed by atoms with E-state index in [1.165, 1.54) is 0 Å². The summed E-state index contributed by atoms with van der Waals surface area (Å²) in [5, 5.41) is 4.08. The second-order valence-corrected chi connectivity index (χ2v) is 6.89. The lowest BCUT2D eigenvalue weighted by molar-refractivity contribution is -0.123. The molecular formula is C25H22N2O2. The van der Waals surface area contributed by atoms with Crippen LogP contribution < -0.4 is 10.1 Å². The Balaban J connectivity index is 1.51. The van der Waals surface area contributed by atoms with Crippen molar-refractivity contribution >= 4 is 16.8 Å². The average molecular weight is 382 g/mol. The number of nitrogens with one attached hydrogen (secondary N) is 1. The van der Waals surface area contributed by atoms with E-state index in [-0.39, 0.29) is 18.6 Å². The molecule has 29 heavy (non-hydrogen) atoms. The molecule has 4 heteroatoms. The normalized spacial score (nSPS) is 10.8. The summed E-state index contributed by atoms with van der Waals surface area (Å²) in [5.41, 5.74) is 3.72. The second-order valence-electron chi connectivity index (χ2n) is 6.89. The van der Waals surface area contributed by atoms with Crippen LogP contribution in [0, 0.1) is 6.92 Å². The third kappa shape index (κ3) is 4.43. The van der Waals surface area contributed by atoms with E-state index in [0.717, 1.165) is 27.7 Å². The van der Waals surface area contributed by atoms with Crippen LogP contribution in [0.1, 0.15) is 22.9 Å². The number of fused-ring (bicyclic) bond motifs is 1. The molecule has 0 aliphatic rings. The van der Waals surface area contributed by atoms with Crippen molar-refractivity contribution in [3.05, 3.63) is 108 Å². The smallest absolute Gasteiger partial charge is 0.258 e. The van der Waals surface area contributed by atoms with E-state index in [2.05, 4.69) is 10.3 Å². The van der Waals surface area contributed by atoms with Crippen molar-refractivity contribution in [1.82, 2.24) is 10.3 Å². The zero-order valence-corrected chi connectivity index (χ0v) is 16.2. The van der Waals surface area contributed by atoms with Gasteiger partial charge in [-0.1, -0.05) is 78.9 Å². The zero-order valence-electron chi connectivity index (χ0n) is 16.2. The first-order valence-corrected chi connectivity index (χ1v) is 9.59. The highest BCUT2D eigenvalue weighted by Crippen LogP contribution is 2.24. The minimum absolute atomic E-state index is 0.0785. The molecule has 1 amide bonds. The van der Waals surface area contributed by atoms with Crippen LogP contribution in [0.25, 0.3) is 10.9 Å². The predicted molar refractivity (Wildman–Crippen MR) is 115 cm³/mol. The summed E-state index contributed by atoms with van der Waals surface area (Å²) in [6, 6.07) is 29.3. The van der Waals surface area contributed by atoms with Crippen molar-refractivity contribution in [2.45, 2.75) is 13.0 Å². The van der Waals surface area contributed by atoms with Gasteiger partial charge in [0.2, 0.25) is 0 Å². The van der Waals surface area contributed by atoms with Crippen molar-refractivity contribution in [3.63, 3.8) is 0 Å². The summed E-state index contributed by atoms with van der Waals surface area (Å²) in [4.78, 5) is 17.3.